The molecule has 3 heterocycles. The van der Waals surface area contributed by atoms with E-state index in [1.165, 1.54) is 102 Å². The molecule has 0 amide bonds. The SMILES string of the molecule is CNc1ccc(-n2c3c(c4c2CCCC4)C=C(c2ccc4c(c2)c2cc(C5=CC6=C(CC5)N(c5ccc(OC)cc5)C5C=CC=CC65)ccc2n4-c2ccc(NC)cc2)CC3)cc1. The van der Waals surface area contributed by atoms with Crippen molar-refractivity contribution >= 4 is 56.1 Å². The van der Waals surface area contributed by atoms with Crippen molar-refractivity contribution in [2.24, 2.45) is 5.92 Å². The number of hydrogen-bond donors (Lipinski definition) is 2. The van der Waals surface area contributed by atoms with Crippen molar-refractivity contribution in [2.75, 3.05) is 36.7 Å². The summed E-state index contributed by atoms with van der Waals surface area (Å²) < 4.78 is 10.6. The van der Waals surface area contributed by atoms with Crippen molar-refractivity contribution < 1.29 is 4.74 Å². The van der Waals surface area contributed by atoms with Gasteiger partial charge in [0.05, 0.1) is 24.2 Å². The molecule has 4 aliphatic carbocycles. The van der Waals surface area contributed by atoms with E-state index in [-0.39, 0.29) is 6.04 Å². The summed E-state index contributed by atoms with van der Waals surface area (Å²) in [5.41, 5.74) is 22.9. The summed E-state index contributed by atoms with van der Waals surface area (Å²) in [6.07, 6.45) is 23.2. The van der Waals surface area contributed by atoms with Gasteiger partial charge in [-0.25, -0.2) is 0 Å². The lowest BCUT2D eigenvalue weighted by Crippen LogP contribution is -2.32. The summed E-state index contributed by atoms with van der Waals surface area (Å²) in [7, 11) is 5.71. The average Bonchev–Trinajstić information content (AvgIpc) is 3.98. The van der Waals surface area contributed by atoms with E-state index in [0.717, 1.165) is 55.6 Å². The van der Waals surface area contributed by atoms with Crippen LogP contribution in [0.4, 0.5) is 17.1 Å². The van der Waals surface area contributed by atoms with Gasteiger partial charge >= 0.3 is 0 Å². The van der Waals surface area contributed by atoms with Crippen LogP contribution in [0.5, 0.6) is 5.75 Å². The zero-order valence-electron chi connectivity index (χ0n) is 36.4. The first-order valence-electron chi connectivity index (χ1n) is 22.9. The van der Waals surface area contributed by atoms with Crippen LogP contribution in [-0.4, -0.2) is 36.4 Å². The zero-order valence-corrected chi connectivity index (χ0v) is 36.4. The monoisotopic (exact) mass is 823 g/mol. The largest absolute Gasteiger partial charge is 0.497 e. The predicted molar refractivity (Wildman–Crippen MR) is 264 cm³/mol. The Morgan fingerprint density at radius 3 is 1.83 bits per heavy atom. The van der Waals surface area contributed by atoms with Crippen LogP contribution in [-0.2, 0) is 19.3 Å². The molecule has 0 fully saturated rings. The Morgan fingerprint density at radius 1 is 0.556 bits per heavy atom. The van der Waals surface area contributed by atoms with Crippen molar-refractivity contribution in [1.29, 1.82) is 0 Å². The summed E-state index contributed by atoms with van der Waals surface area (Å²) in [5.74, 6) is 1.21. The van der Waals surface area contributed by atoms with Gasteiger partial charge in [-0.2, -0.15) is 0 Å². The zero-order chi connectivity index (χ0) is 42.2. The summed E-state index contributed by atoms with van der Waals surface area (Å²) >= 11 is 0. The van der Waals surface area contributed by atoms with Gasteiger partial charge in [0.25, 0.3) is 0 Å². The second kappa shape index (κ2) is 15.2. The van der Waals surface area contributed by atoms with Crippen molar-refractivity contribution in [2.45, 2.75) is 57.4 Å². The molecule has 312 valence electrons. The minimum atomic E-state index is 0.274. The molecule has 7 aromatic rings. The Labute approximate surface area is 370 Å². The van der Waals surface area contributed by atoms with Crippen LogP contribution in [0.15, 0.2) is 151 Å². The fourth-order valence-corrected chi connectivity index (χ4v) is 11.5. The molecule has 12 rings (SSSR count). The van der Waals surface area contributed by atoms with E-state index in [9.17, 15) is 0 Å². The highest BCUT2D eigenvalue weighted by Gasteiger charge is 2.40. The van der Waals surface area contributed by atoms with Crippen LogP contribution in [0.1, 0.15) is 65.7 Å². The Morgan fingerprint density at radius 2 is 1.16 bits per heavy atom. The number of anilines is 3. The van der Waals surface area contributed by atoms with Gasteiger partial charge in [-0.15, -0.1) is 0 Å². The van der Waals surface area contributed by atoms with Gasteiger partial charge in [0.1, 0.15) is 5.75 Å². The minimum Gasteiger partial charge on any atom is -0.497 e. The molecule has 2 atom stereocenters. The van der Waals surface area contributed by atoms with E-state index in [2.05, 4.69) is 170 Å². The van der Waals surface area contributed by atoms with Gasteiger partial charge in [-0.3, -0.25) is 0 Å². The van der Waals surface area contributed by atoms with Crippen LogP contribution in [0.25, 0.3) is 50.4 Å². The van der Waals surface area contributed by atoms with Crippen molar-refractivity contribution in [3.63, 3.8) is 0 Å². The number of rotatable bonds is 8. The van der Waals surface area contributed by atoms with E-state index in [4.69, 9.17) is 4.74 Å². The predicted octanol–water partition coefficient (Wildman–Crippen LogP) is 13.1. The van der Waals surface area contributed by atoms with Crippen molar-refractivity contribution in [1.82, 2.24) is 9.13 Å². The number of aromatic nitrogens is 2. The van der Waals surface area contributed by atoms with Gasteiger partial charge < -0.3 is 29.4 Å². The highest BCUT2D eigenvalue weighted by Crippen LogP contribution is 2.48. The fourth-order valence-electron chi connectivity index (χ4n) is 11.5. The normalized spacial score (nSPS) is 18.8. The number of fused-ring (bicyclic) bond motifs is 8. The molecule has 1 aliphatic heterocycles. The van der Waals surface area contributed by atoms with Crippen LogP contribution in [0.2, 0.25) is 0 Å². The number of allylic oxidation sites excluding steroid dienone is 6. The Bertz CT molecular complexity index is 3110. The van der Waals surface area contributed by atoms with Gasteiger partial charge in [0.15, 0.2) is 0 Å². The molecule has 0 radical (unpaired) electrons. The summed E-state index contributed by atoms with van der Waals surface area (Å²) in [4.78, 5) is 2.57. The van der Waals surface area contributed by atoms with Gasteiger partial charge in [-0.05, 0) is 193 Å². The Hall–Kier alpha value is -6.92. The molecule has 0 saturated carbocycles. The van der Waals surface area contributed by atoms with E-state index >= 15 is 0 Å². The second-order valence-electron chi connectivity index (χ2n) is 17.8. The fraction of sp³-hybridized carbons (Fsp3) is 0.228. The quantitative estimate of drug-likeness (QED) is 0.160. The number of nitrogens with one attached hydrogen (secondary N) is 2. The molecule has 0 saturated heterocycles. The van der Waals surface area contributed by atoms with Crippen LogP contribution < -0.4 is 20.3 Å². The molecular weight excluding hydrogens is 771 g/mol. The highest BCUT2D eigenvalue weighted by molar-refractivity contribution is 6.11. The van der Waals surface area contributed by atoms with Crippen molar-refractivity contribution in [3.05, 3.63) is 184 Å². The van der Waals surface area contributed by atoms with Crippen LogP contribution >= 0.6 is 0 Å². The molecule has 5 aromatic carbocycles. The van der Waals surface area contributed by atoms with Gasteiger partial charge in [0, 0.05) is 76.3 Å². The molecule has 6 nitrogen and oxygen atoms in total. The maximum Gasteiger partial charge on any atom is 0.119 e. The van der Waals surface area contributed by atoms with Gasteiger partial charge in [-0.1, -0.05) is 42.5 Å². The number of ether oxygens (including phenoxy) is 1. The summed E-state index contributed by atoms with van der Waals surface area (Å²) in [6.45, 7) is 0. The Kier molecular flexibility index (Phi) is 9.10. The van der Waals surface area contributed by atoms with E-state index in [1.807, 2.05) is 14.1 Å². The smallest absolute Gasteiger partial charge is 0.119 e. The number of methoxy groups -OCH3 is 1. The molecule has 0 bridgehead atoms. The third-order valence-electron chi connectivity index (χ3n) is 14.6. The third-order valence-corrected chi connectivity index (χ3v) is 14.6. The topological polar surface area (TPSA) is 46.4 Å². The molecular formula is C57H53N5O. The lowest BCUT2D eigenvalue weighted by atomic mass is 9.84. The molecule has 2 unspecified atom stereocenters. The number of benzene rings is 5. The molecule has 6 heteroatoms. The first-order valence-corrected chi connectivity index (χ1v) is 22.9. The standard InChI is InChI=1S/C57H53N5O/c1-58-40-16-20-42(21-17-40)60-52-10-6-4-8-46(52)48-32-36(12-28-54(48)60)38-14-30-56-50(34-38)51-35-39(15-31-57(51)62(56)43-22-18-41(59-2)19-23-43)37-13-29-55-49(33-37)47-9-5-7-11-53(47)61(55)44-24-26-45(63-3)27-25-44/h5,7,9,11,14-27,30-35,47,53,58-59H,4,6,8,10,12-13,28-29H2,1-3H3. The summed E-state index contributed by atoms with van der Waals surface area (Å²) in [6, 6.07) is 41.2. The maximum absolute atomic E-state index is 5.52. The molecule has 5 aliphatic rings. The Balaban J connectivity index is 0.975. The van der Waals surface area contributed by atoms with Crippen LogP contribution in [0.3, 0.4) is 0 Å². The lowest BCUT2D eigenvalue weighted by molar-refractivity contribution is 0.415. The van der Waals surface area contributed by atoms with E-state index in [1.54, 1.807) is 12.7 Å². The third kappa shape index (κ3) is 6.13. The van der Waals surface area contributed by atoms with E-state index in [0.29, 0.717) is 5.92 Å². The molecule has 0 spiro atoms. The average molecular weight is 824 g/mol. The number of hydrogen-bond acceptors (Lipinski definition) is 4. The van der Waals surface area contributed by atoms with Gasteiger partial charge in [0.2, 0.25) is 0 Å². The first kappa shape index (κ1) is 37.8. The van der Waals surface area contributed by atoms with Crippen molar-refractivity contribution in [3.8, 4) is 17.1 Å². The molecule has 2 aromatic heterocycles. The lowest BCUT2D eigenvalue weighted by Gasteiger charge is -2.31. The number of nitrogens with zero attached hydrogens (tertiary/aromatic N) is 3. The highest BCUT2D eigenvalue weighted by atomic mass is 16.5. The van der Waals surface area contributed by atoms with Crippen LogP contribution in [0, 0.1) is 5.92 Å². The second-order valence-corrected chi connectivity index (χ2v) is 17.8. The maximum atomic E-state index is 5.52. The van der Waals surface area contributed by atoms with E-state index < -0.39 is 0 Å². The molecule has 2 N–H and O–H groups in total. The minimum absolute atomic E-state index is 0.274. The molecule has 63 heavy (non-hydrogen) atoms. The summed E-state index contributed by atoms with van der Waals surface area (Å²) in [5, 5.41) is 9.21. The first-order chi connectivity index (χ1) is 31.1.